The minimum absolute atomic E-state index is 0.326. The van der Waals surface area contributed by atoms with Gasteiger partial charge < -0.3 is 4.52 Å². The standard InChI is InChI=1S/C6H7NO2/c1-4-5(2)7-9-6(4)3-8/h3H,1-2H3. The molecule has 48 valence electrons. The highest BCUT2D eigenvalue weighted by Gasteiger charge is 2.04. The molecule has 0 aliphatic carbocycles. The second-order valence-electron chi connectivity index (χ2n) is 1.88. The molecular weight excluding hydrogens is 118 g/mol. The molecule has 0 radical (unpaired) electrons. The van der Waals surface area contributed by atoms with E-state index in [9.17, 15) is 4.79 Å². The van der Waals surface area contributed by atoms with Crippen molar-refractivity contribution < 1.29 is 9.32 Å². The first-order valence-electron chi connectivity index (χ1n) is 2.63. The Labute approximate surface area is 52.7 Å². The maximum Gasteiger partial charge on any atom is 0.202 e. The van der Waals surface area contributed by atoms with Crippen molar-refractivity contribution in [3.8, 4) is 0 Å². The summed E-state index contributed by atoms with van der Waals surface area (Å²) in [5.74, 6) is 0.326. The van der Waals surface area contributed by atoms with Crippen molar-refractivity contribution in [2.24, 2.45) is 0 Å². The van der Waals surface area contributed by atoms with Crippen LogP contribution in [0.25, 0.3) is 0 Å². The molecule has 0 aliphatic rings. The van der Waals surface area contributed by atoms with E-state index >= 15 is 0 Å². The maximum atomic E-state index is 10.1. The first-order valence-corrected chi connectivity index (χ1v) is 2.63. The highest BCUT2D eigenvalue weighted by Crippen LogP contribution is 2.07. The second kappa shape index (κ2) is 2.01. The number of aldehydes is 1. The zero-order valence-corrected chi connectivity index (χ0v) is 5.34. The number of nitrogens with zero attached hydrogens (tertiary/aromatic N) is 1. The Hall–Kier alpha value is -1.12. The van der Waals surface area contributed by atoms with Crippen LogP contribution in [-0.4, -0.2) is 11.4 Å². The van der Waals surface area contributed by atoms with E-state index < -0.39 is 0 Å². The monoisotopic (exact) mass is 125 g/mol. The van der Waals surface area contributed by atoms with Gasteiger partial charge in [0.1, 0.15) is 0 Å². The number of carbonyl (C=O) groups excluding carboxylic acids is 1. The van der Waals surface area contributed by atoms with Crippen LogP contribution in [-0.2, 0) is 0 Å². The number of aryl methyl sites for hydroxylation is 1. The smallest absolute Gasteiger partial charge is 0.202 e. The van der Waals surface area contributed by atoms with Gasteiger partial charge in [-0.25, -0.2) is 0 Å². The van der Waals surface area contributed by atoms with Crippen molar-refractivity contribution in [3.63, 3.8) is 0 Å². The van der Waals surface area contributed by atoms with Gasteiger partial charge in [-0.05, 0) is 13.8 Å². The highest BCUT2D eigenvalue weighted by molar-refractivity contribution is 5.72. The average Bonchev–Trinajstić information content (AvgIpc) is 2.15. The zero-order valence-electron chi connectivity index (χ0n) is 5.34. The van der Waals surface area contributed by atoms with Crippen LogP contribution in [0.1, 0.15) is 21.8 Å². The molecule has 0 amide bonds. The first-order chi connectivity index (χ1) is 4.25. The lowest BCUT2D eigenvalue weighted by Crippen LogP contribution is -1.78. The van der Waals surface area contributed by atoms with Crippen molar-refractivity contribution in [1.82, 2.24) is 5.16 Å². The minimum Gasteiger partial charge on any atom is -0.353 e. The van der Waals surface area contributed by atoms with Crippen molar-refractivity contribution in [3.05, 3.63) is 17.0 Å². The van der Waals surface area contributed by atoms with E-state index in [1.165, 1.54) is 0 Å². The Morgan fingerprint density at radius 2 is 2.22 bits per heavy atom. The molecule has 1 heterocycles. The largest absolute Gasteiger partial charge is 0.353 e. The molecule has 9 heavy (non-hydrogen) atoms. The molecule has 0 aromatic carbocycles. The Morgan fingerprint density at radius 3 is 2.44 bits per heavy atom. The van der Waals surface area contributed by atoms with E-state index in [4.69, 9.17) is 0 Å². The Bertz CT molecular complexity index is 227. The third kappa shape index (κ3) is 0.850. The lowest BCUT2D eigenvalue weighted by Gasteiger charge is -1.79. The van der Waals surface area contributed by atoms with Crippen molar-refractivity contribution in [1.29, 1.82) is 0 Å². The van der Waals surface area contributed by atoms with E-state index in [2.05, 4.69) is 9.68 Å². The molecule has 0 aliphatic heterocycles. The van der Waals surface area contributed by atoms with Gasteiger partial charge in [0.15, 0.2) is 6.29 Å². The van der Waals surface area contributed by atoms with Crippen LogP contribution >= 0.6 is 0 Å². The minimum atomic E-state index is 0.326. The summed E-state index contributed by atoms with van der Waals surface area (Å²) in [6.07, 6.45) is 0.662. The molecule has 0 N–H and O–H groups in total. The van der Waals surface area contributed by atoms with E-state index in [-0.39, 0.29) is 0 Å². The summed E-state index contributed by atoms with van der Waals surface area (Å²) in [5.41, 5.74) is 1.60. The van der Waals surface area contributed by atoms with E-state index in [0.717, 1.165) is 11.3 Å². The fourth-order valence-electron chi connectivity index (χ4n) is 0.543. The summed E-state index contributed by atoms with van der Waals surface area (Å²) in [5, 5.41) is 3.58. The Kier molecular flexibility index (Phi) is 1.34. The van der Waals surface area contributed by atoms with Crippen LogP contribution in [0.4, 0.5) is 0 Å². The normalized spacial score (nSPS) is 9.56. The quantitative estimate of drug-likeness (QED) is 0.528. The van der Waals surface area contributed by atoms with Gasteiger partial charge in [0.2, 0.25) is 5.76 Å². The van der Waals surface area contributed by atoms with Crippen LogP contribution < -0.4 is 0 Å². The summed E-state index contributed by atoms with van der Waals surface area (Å²) in [4.78, 5) is 10.1. The van der Waals surface area contributed by atoms with Gasteiger partial charge >= 0.3 is 0 Å². The lowest BCUT2D eigenvalue weighted by atomic mass is 10.2. The van der Waals surface area contributed by atoms with Crippen LogP contribution in [0.5, 0.6) is 0 Å². The Morgan fingerprint density at radius 1 is 1.56 bits per heavy atom. The number of rotatable bonds is 1. The van der Waals surface area contributed by atoms with Crippen LogP contribution in [0.15, 0.2) is 4.52 Å². The first kappa shape index (κ1) is 6.01. The summed E-state index contributed by atoms with van der Waals surface area (Å²) in [6, 6.07) is 0. The predicted octanol–water partition coefficient (Wildman–Crippen LogP) is 1.10. The van der Waals surface area contributed by atoms with Crippen LogP contribution in [0.2, 0.25) is 0 Å². The highest BCUT2D eigenvalue weighted by atomic mass is 16.5. The fraction of sp³-hybridized carbons (Fsp3) is 0.333. The van der Waals surface area contributed by atoms with Gasteiger partial charge in [0, 0.05) is 5.56 Å². The van der Waals surface area contributed by atoms with Crippen LogP contribution in [0, 0.1) is 13.8 Å². The predicted molar refractivity (Wildman–Crippen MR) is 31.4 cm³/mol. The number of carbonyl (C=O) groups is 1. The molecule has 1 rings (SSSR count). The molecule has 0 saturated heterocycles. The number of aromatic nitrogens is 1. The topological polar surface area (TPSA) is 43.1 Å². The lowest BCUT2D eigenvalue weighted by molar-refractivity contribution is 0.109. The zero-order chi connectivity index (χ0) is 6.85. The molecule has 3 nitrogen and oxygen atoms in total. The molecule has 0 spiro atoms. The van der Waals surface area contributed by atoms with E-state index in [1.807, 2.05) is 0 Å². The maximum absolute atomic E-state index is 10.1. The number of hydrogen-bond acceptors (Lipinski definition) is 3. The molecule has 0 bridgehead atoms. The third-order valence-electron chi connectivity index (χ3n) is 1.30. The van der Waals surface area contributed by atoms with Gasteiger partial charge in [-0.15, -0.1) is 0 Å². The molecule has 1 aromatic heterocycles. The van der Waals surface area contributed by atoms with Crippen molar-refractivity contribution in [2.75, 3.05) is 0 Å². The van der Waals surface area contributed by atoms with Gasteiger partial charge in [-0.2, -0.15) is 0 Å². The molecule has 0 atom stereocenters. The van der Waals surface area contributed by atoms with E-state index in [1.54, 1.807) is 13.8 Å². The molecule has 0 saturated carbocycles. The van der Waals surface area contributed by atoms with Gasteiger partial charge in [0.05, 0.1) is 5.69 Å². The summed E-state index contributed by atoms with van der Waals surface area (Å²) >= 11 is 0. The van der Waals surface area contributed by atoms with Gasteiger partial charge in [-0.3, -0.25) is 4.79 Å². The third-order valence-corrected chi connectivity index (χ3v) is 1.30. The van der Waals surface area contributed by atoms with E-state index in [0.29, 0.717) is 12.0 Å². The number of hydrogen-bond donors (Lipinski definition) is 0. The molecule has 3 heteroatoms. The average molecular weight is 125 g/mol. The summed E-state index contributed by atoms with van der Waals surface area (Å²) in [7, 11) is 0. The Balaban J connectivity index is 3.18. The molecule has 1 aromatic rings. The van der Waals surface area contributed by atoms with Gasteiger partial charge in [0.25, 0.3) is 0 Å². The van der Waals surface area contributed by atoms with Gasteiger partial charge in [-0.1, -0.05) is 5.16 Å². The van der Waals surface area contributed by atoms with Crippen molar-refractivity contribution >= 4 is 6.29 Å². The molecule has 0 unspecified atom stereocenters. The fourth-order valence-corrected chi connectivity index (χ4v) is 0.543. The molecule has 0 fully saturated rings. The second-order valence-corrected chi connectivity index (χ2v) is 1.88. The molecular formula is C6H7NO2. The summed E-state index contributed by atoms with van der Waals surface area (Å²) in [6.45, 7) is 3.60. The SMILES string of the molecule is Cc1noc(C=O)c1C. The van der Waals surface area contributed by atoms with Crippen LogP contribution in [0.3, 0.4) is 0 Å². The summed E-state index contributed by atoms with van der Waals surface area (Å²) < 4.78 is 4.63. The van der Waals surface area contributed by atoms with Crippen molar-refractivity contribution in [2.45, 2.75) is 13.8 Å².